The molecule has 2 aromatic rings. The molecule has 114 valence electrons. The number of anilines is 2. The average Bonchev–Trinajstić information content (AvgIpc) is 2.40. The van der Waals surface area contributed by atoms with E-state index >= 15 is 0 Å². The van der Waals surface area contributed by atoms with Crippen molar-refractivity contribution in [3.05, 3.63) is 46.3 Å². The molecule has 0 amide bonds. The first-order chi connectivity index (χ1) is 10.4. The maximum absolute atomic E-state index is 12.2. The van der Waals surface area contributed by atoms with Gasteiger partial charge in [-0.3, -0.25) is 4.79 Å². The molecular weight excluding hydrogens is 274 g/mol. The highest BCUT2D eigenvalue weighted by Gasteiger charge is 2.26. The van der Waals surface area contributed by atoms with Gasteiger partial charge in [-0.1, -0.05) is 24.6 Å². The Kier molecular flexibility index (Phi) is 3.69. The molecule has 1 N–H and O–H groups in total. The Bertz CT molecular complexity index is 752. The van der Waals surface area contributed by atoms with Crippen molar-refractivity contribution < 1.29 is 4.79 Å². The standard InChI is InChI=1S/C18H21N3O/c1-10-5-6-14(12(3)7-10)20-18-19-13(4)17-15(21-18)8-11(2)9-16(17)22/h5-7,11H,8-9H2,1-4H3,(H,19,20,21)/t11-/m0/s1. The van der Waals surface area contributed by atoms with E-state index in [-0.39, 0.29) is 5.78 Å². The maximum atomic E-state index is 12.2. The number of aryl methyl sites for hydroxylation is 3. The number of fused-ring (bicyclic) bond motifs is 1. The first-order valence-corrected chi connectivity index (χ1v) is 7.69. The number of nitrogens with one attached hydrogen (secondary N) is 1. The van der Waals surface area contributed by atoms with Crippen LogP contribution < -0.4 is 5.32 Å². The van der Waals surface area contributed by atoms with Crippen LogP contribution in [0, 0.1) is 26.7 Å². The van der Waals surface area contributed by atoms with Gasteiger partial charge < -0.3 is 5.32 Å². The minimum absolute atomic E-state index is 0.171. The number of rotatable bonds is 2. The molecule has 4 heteroatoms. The molecule has 1 atom stereocenters. The van der Waals surface area contributed by atoms with Crippen molar-refractivity contribution in [1.82, 2.24) is 9.97 Å². The van der Waals surface area contributed by atoms with Gasteiger partial charge in [0.05, 0.1) is 17.0 Å². The summed E-state index contributed by atoms with van der Waals surface area (Å²) in [5, 5.41) is 3.29. The number of Topliss-reactive ketones (excluding diaryl/α,β-unsaturated/α-hetero) is 1. The van der Waals surface area contributed by atoms with Gasteiger partial charge in [-0.2, -0.15) is 0 Å². The molecule has 1 aromatic heterocycles. The Balaban J connectivity index is 1.97. The molecular formula is C18H21N3O. The highest BCUT2D eigenvalue weighted by atomic mass is 16.1. The van der Waals surface area contributed by atoms with Gasteiger partial charge in [-0.25, -0.2) is 9.97 Å². The van der Waals surface area contributed by atoms with E-state index < -0.39 is 0 Å². The van der Waals surface area contributed by atoms with Crippen molar-refractivity contribution in [3.63, 3.8) is 0 Å². The molecule has 0 fully saturated rings. The van der Waals surface area contributed by atoms with E-state index in [1.54, 1.807) is 0 Å². The minimum atomic E-state index is 0.171. The maximum Gasteiger partial charge on any atom is 0.227 e. The fourth-order valence-corrected chi connectivity index (χ4v) is 3.09. The smallest absolute Gasteiger partial charge is 0.227 e. The summed E-state index contributed by atoms with van der Waals surface area (Å²) in [5.41, 5.74) is 5.76. The van der Waals surface area contributed by atoms with Gasteiger partial charge >= 0.3 is 0 Å². The zero-order valence-electron chi connectivity index (χ0n) is 13.5. The first-order valence-electron chi connectivity index (χ1n) is 7.69. The molecule has 1 aromatic carbocycles. The molecule has 0 aliphatic heterocycles. The van der Waals surface area contributed by atoms with Gasteiger partial charge in [0, 0.05) is 12.1 Å². The molecule has 0 radical (unpaired) electrons. The van der Waals surface area contributed by atoms with Crippen molar-refractivity contribution in [3.8, 4) is 0 Å². The fourth-order valence-electron chi connectivity index (χ4n) is 3.09. The van der Waals surface area contributed by atoms with Gasteiger partial charge in [0.2, 0.25) is 5.95 Å². The van der Waals surface area contributed by atoms with Crippen LogP contribution in [0.4, 0.5) is 11.6 Å². The van der Waals surface area contributed by atoms with E-state index in [0.29, 0.717) is 18.3 Å². The lowest BCUT2D eigenvalue weighted by Gasteiger charge is -2.21. The van der Waals surface area contributed by atoms with E-state index in [1.165, 1.54) is 5.56 Å². The molecule has 4 nitrogen and oxygen atoms in total. The van der Waals surface area contributed by atoms with Crippen LogP contribution in [0.15, 0.2) is 18.2 Å². The van der Waals surface area contributed by atoms with E-state index in [2.05, 4.69) is 48.2 Å². The van der Waals surface area contributed by atoms with Crippen LogP contribution in [-0.2, 0) is 6.42 Å². The minimum Gasteiger partial charge on any atom is -0.324 e. The highest BCUT2D eigenvalue weighted by Crippen LogP contribution is 2.28. The van der Waals surface area contributed by atoms with E-state index in [4.69, 9.17) is 0 Å². The number of carbonyl (C=O) groups excluding carboxylic acids is 1. The van der Waals surface area contributed by atoms with Gasteiger partial charge in [0.15, 0.2) is 5.78 Å². The number of hydrogen-bond donors (Lipinski definition) is 1. The van der Waals surface area contributed by atoms with E-state index in [1.807, 2.05) is 13.0 Å². The summed E-state index contributed by atoms with van der Waals surface area (Å²) in [6, 6.07) is 6.22. The van der Waals surface area contributed by atoms with Crippen LogP contribution in [0.5, 0.6) is 0 Å². The summed E-state index contributed by atoms with van der Waals surface area (Å²) in [6.07, 6.45) is 1.44. The third kappa shape index (κ3) is 2.73. The predicted molar refractivity (Wildman–Crippen MR) is 87.8 cm³/mol. The molecule has 22 heavy (non-hydrogen) atoms. The largest absolute Gasteiger partial charge is 0.324 e. The van der Waals surface area contributed by atoms with Crippen molar-refractivity contribution >= 4 is 17.4 Å². The van der Waals surface area contributed by atoms with Crippen LogP contribution in [-0.4, -0.2) is 15.8 Å². The number of carbonyl (C=O) groups is 1. The summed E-state index contributed by atoms with van der Waals surface area (Å²) in [5.74, 6) is 1.10. The van der Waals surface area contributed by atoms with Gasteiger partial charge in [0.25, 0.3) is 0 Å². The topological polar surface area (TPSA) is 54.9 Å². The molecule has 0 unspecified atom stereocenters. The quantitative estimate of drug-likeness (QED) is 0.912. The second-order valence-electron chi connectivity index (χ2n) is 6.33. The van der Waals surface area contributed by atoms with Crippen LogP contribution >= 0.6 is 0 Å². The molecule has 0 bridgehead atoms. The van der Waals surface area contributed by atoms with Crippen LogP contribution in [0.2, 0.25) is 0 Å². The number of nitrogens with zero attached hydrogens (tertiary/aromatic N) is 2. The molecule has 0 spiro atoms. The van der Waals surface area contributed by atoms with Crippen molar-refractivity contribution in [2.24, 2.45) is 5.92 Å². The lowest BCUT2D eigenvalue weighted by atomic mass is 9.86. The summed E-state index contributed by atoms with van der Waals surface area (Å²) in [4.78, 5) is 21.2. The molecule has 3 rings (SSSR count). The number of ketones is 1. The highest BCUT2D eigenvalue weighted by molar-refractivity contribution is 5.99. The fraction of sp³-hybridized carbons (Fsp3) is 0.389. The zero-order valence-corrected chi connectivity index (χ0v) is 13.5. The van der Waals surface area contributed by atoms with Gasteiger partial charge in [-0.15, -0.1) is 0 Å². The lowest BCUT2D eigenvalue weighted by molar-refractivity contribution is 0.0951. The number of benzene rings is 1. The number of hydrogen-bond acceptors (Lipinski definition) is 4. The second-order valence-corrected chi connectivity index (χ2v) is 6.33. The van der Waals surface area contributed by atoms with Crippen LogP contribution in [0.3, 0.4) is 0 Å². The first kappa shape index (κ1) is 14.7. The third-order valence-corrected chi connectivity index (χ3v) is 4.15. The van der Waals surface area contributed by atoms with E-state index in [0.717, 1.165) is 34.6 Å². The Labute approximate surface area is 131 Å². The predicted octanol–water partition coefficient (Wildman–Crippen LogP) is 3.91. The van der Waals surface area contributed by atoms with Gasteiger partial charge in [0.1, 0.15) is 0 Å². The van der Waals surface area contributed by atoms with Crippen molar-refractivity contribution in [1.29, 1.82) is 0 Å². The van der Waals surface area contributed by atoms with Crippen molar-refractivity contribution in [2.45, 2.75) is 40.5 Å². The van der Waals surface area contributed by atoms with Crippen molar-refractivity contribution in [2.75, 3.05) is 5.32 Å². The van der Waals surface area contributed by atoms with Gasteiger partial charge in [-0.05, 0) is 44.7 Å². The summed E-state index contributed by atoms with van der Waals surface area (Å²) < 4.78 is 0. The second kappa shape index (κ2) is 5.52. The summed E-state index contributed by atoms with van der Waals surface area (Å²) >= 11 is 0. The molecule has 0 saturated heterocycles. The Morgan fingerprint density at radius 2 is 1.91 bits per heavy atom. The average molecular weight is 295 g/mol. The normalized spacial score (nSPS) is 17.3. The third-order valence-electron chi connectivity index (χ3n) is 4.15. The monoisotopic (exact) mass is 295 g/mol. The molecule has 1 heterocycles. The Hall–Kier alpha value is -2.23. The van der Waals surface area contributed by atoms with E-state index in [9.17, 15) is 4.79 Å². The lowest BCUT2D eigenvalue weighted by Crippen LogP contribution is -2.22. The Morgan fingerprint density at radius 3 is 2.64 bits per heavy atom. The van der Waals surface area contributed by atoms with Crippen LogP contribution in [0.1, 0.15) is 46.2 Å². The molecule has 0 saturated carbocycles. The zero-order chi connectivity index (χ0) is 15.9. The molecule has 1 aliphatic carbocycles. The SMILES string of the molecule is Cc1ccc(Nc2nc(C)c3c(n2)C[C@H](C)CC3=O)c(C)c1. The summed E-state index contributed by atoms with van der Waals surface area (Å²) in [7, 11) is 0. The number of aromatic nitrogens is 2. The summed E-state index contributed by atoms with van der Waals surface area (Å²) in [6.45, 7) is 8.12. The molecule has 1 aliphatic rings. The van der Waals surface area contributed by atoms with Crippen LogP contribution in [0.25, 0.3) is 0 Å². The Morgan fingerprint density at radius 1 is 1.14 bits per heavy atom.